The highest BCUT2D eigenvalue weighted by Crippen LogP contribution is 2.43. The van der Waals surface area contributed by atoms with Crippen molar-refractivity contribution in [3.05, 3.63) is 77.9 Å². The van der Waals surface area contributed by atoms with Crippen molar-refractivity contribution in [1.29, 1.82) is 0 Å². The molecule has 0 saturated carbocycles. The van der Waals surface area contributed by atoms with Gasteiger partial charge in [-0.1, -0.05) is 48.5 Å². The largest absolute Gasteiger partial charge is 0.289 e. The third-order valence-electron chi connectivity index (χ3n) is 4.71. The van der Waals surface area contributed by atoms with Crippen molar-refractivity contribution in [2.75, 3.05) is 0 Å². The molecule has 0 amide bonds. The molecule has 0 aliphatic carbocycles. The molecule has 2 nitrogen and oxygen atoms in total. The summed E-state index contributed by atoms with van der Waals surface area (Å²) in [6.45, 7) is 0. The summed E-state index contributed by atoms with van der Waals surface area (Å²) in [4.78, 5) is 25.8. The normalized spacial score (nSPS) is 12.1. The average Bonchev–Trinajstić information content (AvgIpc) is 3.07. The lowest BCUT2D eigenvalue weighted by molar-refractivity contribution is 1.79. The first-order chi connectivity index (χ1) is 11.6. The predicted octanol–water partition coefficient (Wildman–Crippen LogP) is 5.42. The molecule has 5 rings (SSSR count). The first kappa shape index (κ1) is 14.3. The summed E-state index contributed by atoms with van der Waals surface area (Å²) in [5.41, 5.74) is -0.0133. The number of hydrogen-bond donors (Lipinski definition) is 0. The fourth-order valence-electron chi connectivity index (χ4n) is 3.69. The van der Waals surface area contributed by atoms with Gasteiger partial charge < -0.3 is 0 Å². The minimum atomic E-state index is -0.00666. The van der Waals surface area contributed by atoms with E-state index in [1.54, 1.807) is 0 Å². The Kier molecular flexibility index (Phi) is 2.83. The molecular weight excluding hydrogens is 432 g/mol. The predicted molar refractivity (Wildman–Crippen MR) is 107 cm³/mol. The number of benzene rings is 3. The Labute approximate surface area is 152 Å². The van der Waals surface area contributed by atoms with E-state index in [2.05, 4.69) is 31.9 Å². The van der Waals surface area contributed by atoms with Gasteiger partial charge in [-0.05, 0) is 42.6 Å². The standard InChI is InChI=1S/C20H8Br2O2/c21-17-13-9-5-1-3-7-11(9)19(23)15(13)18(22)14-10-6-2-4-8-12(10)20(24)16(14)17/h1-8H. The molecule has 24 heavy (non-hydrogen) atoms. The first-order valence-corrected chi connectivity index (χ1v) is 9.03. The van der Waals surface area contributed by atoms with E-state index in [4.69, 9.17) is 0 Å². The molecule has 0 aliphatic rings. The van der Waals surface area contributed by atoms with E-state index in [9.17, 15) is 9.59 Å². The van der Waals surface area contributed by atoms with Crippen molar-refractivity contribution in [1.82, 2.24) is 0 Å². The molecule has 0 radical (unpaired) electrons. The topological polar surface area (TPSA) is 34.1 Å². The monoisotopic (exact) mass is 438 g/mol. The summed E-state index contributed by atoms with van der Waals surface area (Å²) < 4.78 is 1.41. The molecule has 5 aromatic carbocycles. The first-order valence-electron chi connectivity index (χ1n) is 7.44. The zero-order chi connectivity index (χ0) is 16.6. The summed E-state index contributed by atoms with van der Waals surface area (Å²) in [7, 11) is 0. The summed E-state index contributed by atoms with van der Waals surface area (Å²) in [6, 6.07) is 15.0. The molecular formula is C20H8Br2O2. The Morgan fingerprint density at radius 3 is 1.21 bits per heavy atom. The molecule has 114 valence electrons. The second-order valence-electron chi connectivity index (χ2n) is 5.88. The van der Waals surface area contributed by atoms with E-state index in [1.807, 2.05) is 48.5 Å². The molecule has 0 heterocycles. The smallest absolute Gasteiger partial charge is 0.195 e. The van der Waals surface area contributed by atoms with Gasteiger partial charge in [-0.25, -0.2) is 0 Å². The van der Waals surface area contributed by atoms with Crippen LogP contribution in [0.2, 0.25) is 0 Å². The average molecular weight is 440 g/mol. The molecule has 0 N–H and O–H groups in total. The Hall–Kier alpha value is -2.04. The van der Waals surface area contributed by atoms with Crippen LogP contribution < -0.4 is 10.9 Å². The van der Waals surface area contributed by atoms with Gasteiger partial charge in [0, 0.05) is 41.3 Å². The van der Waals surface area contributed by atoms with Gasteiger partial charge in [0.05, 0.1) is 0 Å². The van der Waals surface area contributed by atoms with E-state index in [0.717, 1.165) is 21.5 Å². The fraction of sp³-hybridized carbons (Fsp3) is 0. The van der Waals surface area contributed by atoms with Crippen LogP contribution in [0.15, 0.2) is 67.1 Å². The van der Waals surface area contributed by atoms with Crippen molar-refractivity contribution >= 4 is 74.9 Å². The molecule has 0 aromatic heterocycles. The van der Waals surface area contributed by atoms with E-state index in [0.29, 0.717) is 30.5 Å². The zero-order valence-corrected chi connectivity index (χ0v) is 15.4. The fourth-order valence-corrected chi connectivity index (χ4v) is 5.27. The van der Waals surface area contributed by atoms with Gasteiger partial charge in [0.15, 0.2) is 10.9 Å². The van der Waals surface area contributed by atoms with Crippen LogP contribution in [0.1, 0.15) is 0 Å². The van der Waals surface area contributed by atoms with E-state index in [1.165, 1.54) is 0 Å². The molecule has 0 spiro atoms. The molecule has 0 aliphatic heterocycles. The number of hydrogen-bond acceptors (Lipinski definition) is 2. The highest BCUT2D eigenvalue weighted by atomic mass is 79.9. The summed E-state index contributed by atoms with van der Waals surface area (Å²) >= 11 is 7.24. The lowest BCUT2D eigenvalue weighted by atomic mass is 10.1. The molecule has 0 unspecified atom stereocenters. The van der Waals surface area contributed by atoms with Crippen LogP contribution in [0.3, 0.4) is 0 Å². The molecule has 4 heteroatoms. The summed E-state index contributed by atoms with van der Waals surface area (Å²) in [6.07, 6.45) is 0. The SMILES string of the molecule is O=c1c2ccccc2c2c(Br)c3c(=O)c4ccccc4c3c(Br)c12. The lowest BCUT2D eigenvalue weighted by Crippen LogP contribution is -1.97. The highest BCUT2D eigenvalue weighted by molar-refractivity contribution is 9.11. The molecule has 0 bridgehead atoms. The second kappa shape index (κ2) is 4.74. The minimum Gasteiger partial charge on any atom is -0.289 e. The van der Waals surface area contributed by atoms with E-state index >= 15 is 0 Å². The Morgan fingerprint density at radius 1 is 0.500 bits per heavy atom. The molecule has 0 saturated heterocycles. The van der Waals surface area contributed by atoms with Gasteiger partial charge in [-0.2, -0.15) is 0 Å². The van der Waals surface area contributed by atoms with Crippen LogP contribution in [0.25, 0.3) is 43.1 Å². The van der Waals surface area contributed by atoms with Gasteiger partial charge >= 0.3 is 0 Å². The minimum absolute atomic E-state index is 0.00666. The summed E-state index contributed by atoms with van der Waals surface area (Å²) in [5, 5.41) is 5.98. The van der Waals surface area contributed by atoms with Crippen molar-refractivity contribution < 1.29 is 0 Å². The number of rotatable bonds is 0. The molecule has 5 aromatic rings. The van der Waals surface area contributed by atoms with Crippen LogP contribution in [0.4, 0.5) is 0 Å². The van der Waals surface area contributed by atoms with Crippen molar-refractivity contribution in [3.8, 4) is 0 Å². The third-order valence-corrected chi connectivity index (χ3v) is 6.30. The van der Waals surface area contributed by atoms with Gasteiger partial charge in [0.25, 0.3) is 0 Å². The van der Waals surface area contributed by atoms with E-state index < -0.39 is 0 Å². The van der Waals surface area contributed by atoms with Crippen LogP contribution in [0, 0.1) is 0 Å². The van der Waals surface area contributed by atoms with Gasteiger partial charge in [0.1, 0.15) is 0 Å². The van der Waals surface area contributed by atoms with Crippen molar-refractivity contribution in [2.45, 2.75) is 0 Å². The Balaban J connectivity index is 2.27. The maximum absolute atomic E-state index is 12.9. The van der Waals surface area contributed by atoms with Crippen molar-refractivity contribution in [3.63, 3.8) is 0 Å². The Morgan fingerprint density at radius 2 is 0.833 bits per heavy atom. The van der Waals surface area contributed by atoms with Crippen molar-refractivity contribution in [2.24, 2.45) is 0 Å². The molecule has 0 fully saturated rings. The number of fused-ring (bicyclic) bond motifs is 6. The van der Waals surface area contributed by atoms with Gasteiger partial charge in [-0.3, -0.25) is 9.59 Å². The van der Waals surface area contributed by atoms with Crippen LogP contribution >= 0.6 is 31.9 Å². The van der Waals surface area contributed by atoms with Gasteiger partial charge in [0.2, 0.25) is 0 Å². The van der Waals surface area contributed by atoms with Crippen LogP contribution in [-0.2, 0) is 0 Å². The molecule has 0 atom stereocenters. The summed E-state index contributed by atoms with van der Waals surface area (Å²) in [5.74, 6) is 0. The highest BCUT2D eigenvalue weighted by Gasteiger charge is 2.23. The Bertz CT molecular complexity index is 1300. The quantitative estimate of drug-likeness (QED) is 0.323. The third kappa shape index (κ3) is 1.55. The lowest BCUT2D eigenvalue weighted by Gasteiger charge is -2.03. The maximum atomic E-state index is 12.9. The second-order valence-corrected chi connectivity index (χ2v) is 7.46. The zero-order valence-electron chi connectivity index (χ0n) is 12.2. The number of halogens is 2. The van der Waals surface area contributed by atoms with Gasteiger partial charge in [-0.15, -0.1) is 0 Å². The van der Waals surface area contributed by atoms with Crippen LogP contribution in [0.5, 0.6) is 0 Å². The maximum Gasteiger partial charge on any atom is 0.195 e. The van der Waals surface area contributed by atoms with Crippen LogP contribution in [-0.4, -0.2) is 0 Å². The van der Waals surface area contributed by atoms with E-state index in [-0.39, 0.29) is 10.9 Å².